The Bertz CT molecular complexity index is 273. The van der Waals surface area contributed by atoms with Crippen LogP contribution >= 0.6 is 0 Å². The molecule has 1 aromatic carbocycles. The molecule has 0 atom stereocenters. The quantitative estimate of drug-likeness (QED) is 0.562. The van der Waals surface area contributed by atoms with Crippen LogP contribution in [0.3, 0.4) is 0 Å². The fourth-order valence-corrected chi connectivity index (χ4v) is 1.21. The van der Waals surface area contributed by atoms with Crippen molar-refractivity contribution in [3.05, 3.63) is 30.3 Å². The van der Waals surface area contributed by atoms with Gasteiger partial charge in [0.15, 0.2) is 0 Å². The number of hydrogen-bond acceptors (Lipinski definition) is 3. The van der Waals surface area contributed by atoms with Crippen molar-refractivity contribution < 1.29 is 9.53 Å². The molecule has 0 fully saturated rings. The number of carbonyl (C=O) groups excluding carboxylic acids is 1. The zero-order chi connectivity index (χ0) is 12.9. The van der Waals surface area contributed by atoms with Crippen LogP contribution in [0.15, 0.2) is 30.3 Å². The third-order valence-corrected chi connectivity index (χ3v) is 2.21. The van der Waals surface area contributed by atoms with Gasteiger partial charge < -0.3 is 9.64 Å². The van der Waals surface area contributed by atoms with Crippen LogP contribution in [0.5, 0.6) is 0 Å². The van der Waals surface area contributed by atoms with Crippen LogP contribution in [0.25, 0.3) is 0 Å². The number of nitrogens with zero attached hydrogens (tertiary/aromatic N) is 1. The van der Waals surface area contributed by atoms with E-state index in [-0.39, 0.29) is 0 Å². The first kappa shape index (κ1) is 15.5. The molecule has 3 heteroatoms. The molecular formula is C14H23NO2. The van der Waals surface area contributed by atoms with Crippen LogP contribution in [0.4, 0.5) is 5.69 Å². The summed E-state index contributed by atoms with van der Waals surface area (Å²) in [6, 6.07) is 10.3. The second-order valence-electron chi connectivity index (χ2n) is 3.90. The van der Waals surface area contributed by atoms with Gasteiger partial charge >= 0.3 is 0 Å². The van der Waals surface area contributed by atoms with Crippen molar-refractivity contribution in [2.45, 2.75) is 26.2 Å². The lowest BCUT2D eigenvalue weighted by molar-refractivity contribution is -0.128. The second kappa shape index (κ2) is 11.0. The lowest BCUT2D eigenvalue weighted by atomic mass is 10.3. The van der Waals surface area contributed by atoms with Gasteiger partial charge in [-0.15, -0.1) is 0 Å². The second-order valence-corrected chi connectivity index (χ2v) is 3.90. The van der Waals surface area contributed by atoms with Crippen LogP contribution in [0, 0.1) is 0 Å². The van der Waals surface area contributed by atoms with Gasteiger partial charge in [0, 0.05) is 19.8 Å². The van der Waals surface area contributed by atoms with Crippen molar-refractivity contribution in [1.29, 1.82) is 0 Å². The van der Waals surface area contributed by atoms with E-state index in [9.17, 15) is 4.79 Å². The maximum atomic E-state index is 9.55. The van der Waals surface area contributed by atoms with E-state index in [4.69, 9.17) is 0 Å². The van der Waals surface area contributed by atoms with Crippen LogP contribution in [-0.2, 0) is 9.53 Å². The molecule has 0 N–H and O–H groups in total. The molecule has 96 valence electrons. The Hall–Kier alpha value is -1.51. The average Bonchev–Trinajstić information content (AvgIpc) is 2.37. The van der Waals surface area contributed by atoms with E-state index in [1.54, 1.807) is 0 Å². The Morgan fingerprint density at radius 2 is 1.82 bits per heavy atom. The van der Waals surface area contributed by atoms with Gasteiger partial charge in [0.2, 0.25) is 0 Å². The van der Waals surface area contributed by atoms with Crippen LogP contribution in [-0.4, -0.2) is 27.2 Å². The first-order chi connectivity index (χ1) is 8.22. The van der Waals surface area contributed by atoms with Gasteiger partial charge in [-0.25, -0.2) is 0 Å². The number of ether oxygens (including phenoxy) is 1. The summed E-state index contributed by atoms with van der Waals surface area (Å²) in [6.07, 6.45) is 3.31. The molecule has 0 unspecified atom stereocenters. The highest BCUT2D eigenvalue weighted by Gasteiger charge is 1.87. The molecule has 0 radical (unpaired) electrons. The van der Waals surface area contributed by atoms with Gasteiger partial charge in [0.25, 0.3) is 6.47 Å². The maximum absolute atomic E-state index is 9.55. The summed E-state index contributed by atoms with van der Waals surface area (Å²) in [6.45, 7) is 3.19. The van der Waals surface area contributed by atoms with Crippen molar-refractivity contribution in [1.82, 2.24) is 0 Å². The highest BCUT2D eigenvalue weighted by atomic mass is 16.5. The Kier molecular flexibility index (Phi) is 10.0. The SMILES string of the molecule is CCCCCOC=O.CN(C)c1ccccc1. The first-order valence-electron chi connectivity index (χ1n) is 6.00. The fourth-order valence-electron chi connectivity index (χ4n) is 1.21. The van der Waals surface area contributed by atoms with Crippen molar-refractivity contribution in [3.8, 4) is 0 Å². The minimum Gasteiger partial charge on any atom is -0.468 e. The zero-order valence-corrected chi connectivity index (χ0v) is 11.1. The molecule has 1 aromatic rings. The third-order valence-electron chi connectivity index (χ3n) is 2.21. The molecule has 0 aliphatic heterocycles. The minimum atomic E-state index is 0.496. The van der Waals surface area contributed by atoms with Crippen molar-refractivity contribution in [2.24, 2.45) is 0 Å². The van der Waals surface area contributed by atoms with Gasteiger partial charge in [0.1, 0.15) is 0 Å². The molecule has 0 aliphatic carbocycles. The summed E-state index contributed by atoms with van der Waals surface area (Å²) in [5.74, 6) is 0. The van der Waals surface area contributed by atoms with Gasteiger partial charge in [-0.2, -0.15) is 0 Å². The van der Waals surface area contributed by atoms with Crippen LogP contribution in [0.2, 0.25) is 0 Å². The molecular weight excluding hydrogens is 214 g/mol. The molecule has 0 spiro atoms. The monoisotopic (exact) mass is 237 g/mol. The minimum absolute atomic E-state index is 0.496. The molecule has 0 aliphatic rings. The topological polar surface area (TPSA) is 29.5 Å². The van der Waals surface area contributed by atoms with Crippen LogP contribution < -0.4 is 4.90 Å². The molecule has 0 saturated heterocycles. The van der Waals surface area contributed by atoms with Gasteiger partial charge in [0.05, 0.1) is 6.61 Å². The molecule has 3 nitrogen and oxygen atoms in total. The summed E-state index contributed by atoms with van der Waals surface area (Å²) in [5, 5.41) is 0. The van der Waals surface area contributed by atoms with Gasteiger partial charge in [-0.05, 0) is 18.6 Å². The summed E-state index contributed by atoms with van der Waals surface area (Å²) in [4.78, 5) is 11.6. The Labute approximate surface area is 104 Å². The van der Waals surface area contributed by atoms with Gasteiger partial charge in [-0.3, -0.25) is 4.79 Å². The molecule has 0 saturated carbocycles. The summed E-state index contributed by atoms with van der Waals surface area (Å²) in [7, 11) is 4.07. The number of carbonyl (C=O) groups is 1. The lowest BCUT2D eigenvalue weighted by Crippen LogP contribution is -2.07. The van der Waals surface area contributed by atoms with E-state index in [2.05, 4.69) is 28.7 Å². The van der Waals surface area contributed by atoms with E-state index < -0.39 is 0 Å². The predicted octanol–water partition coefficient (Wildman–Crippen LogP) is 3.10. The van der Waals surface area contributed by atoms with Crippen molar-refractivity contribution in [3.63, 3.8) is 0 Å². The Balaban J connectivity index is 0.000000304. The number of para-hydroxylation sites is 1. The standard InChI is InChI=1S/C8H11N.C6H12O2/c1-9(2)8-6-4-3-5-7-8;1-2-3-4-5-8-6-7/h3-7H,1-2H3;6H,2-5H2,1H3. The van der Waals surface area contributed by atoms with E-state index in [1.165, 1.54) is 12.1 Å². The van der Waals surface area contributed by atoms with Crippen molar-refractivity contribution >= 4 is 12.2 Å². The summed E-state index contributed by atoms with van der Waals surface area (Å²) >= 11 is 0. The lowest BCUT2D eigenvalue weighted by Gasteiger charge is -2.10. The normalized spacial score (nSPS) is 8.88. The number of hydrogen-bond donors (Lipinski definition) is 0. The molecule has 1 rings (SSSR count). The highest BCUT2D eigenvalue weighted by Crippen LogP contribution is 2.07. The highest BCUT2D eigenvalue weighted by molar-refractivity contribution is 5.43. The number of rotatable bonds is 6. The Morgan fingerprint density at radius 1 is 1.18 bits per heavy atom. The van der Waals surface area contributed by atoms with Crippen LogP contribution in [0.1, 0.15) is 26.2 Å². The van der Waals surface area contributed by atoms with Crippen molar-refractivity contribution in [2.75, 3.05) is 25.6 Å². The van der Waals surface area contributed by atoms with E-state index >= 15 is 0 Å². The number of anilines is 1. The number of benzene rings is 1. The Morgan fingerprint density at radius 3 is 2.24 bits per heavy atom. The largest absolute Gasteiger partial charge is 0.468 e. The molecule has 17 heavy (non-hydrogen) atoms. The molecule has 0 aromatic heterocycles. The molecule has 0 bridgehead atoms. The zero-order valence-electron chi connectivity index (χ0n) is 11.1. The predicted molar refractivity (Wildman–Crippen MR) is 72.3 cm³/mol. The van der Waals surface area contributed by atoms with E-state index in [0.717, 1.165) is 12.8 Å². The number of unbranched alkanes of at least 4 members (excludes halogenated alkanes) is 2. The van der Waals surface area contributed by atoms with Gasteiger partial charge in [-0.1, -0.05) is 38.0 Å². The van der Waals surface area contributed by atoms with E-state index in [1.807, 2.05) is 32.3 Å². The third kappa shape index (κ3) is 9.42. The first-order valence-corrected chi connectivity index (χ1v) is 6.00. The molecule has 0 heterocycles. The maximum Gasteiger partial charge on any atom is 0.293 e. The summed E-state index contributed by atoms with van der Waals surface area (Å²) in [5.41, 5.74) is 1.25. The smallest absolute Gasteiger partial charge is 0.293 e. The summed E-state index contributed by atoms with van der Waals surface area (Å²) < 4.78 is 4.46. The fraction of sp³-hybridized carbons (Fsp3) is 0.500. The van der Waals surface area contributed by atoms with E-state index in [0.29, 0.717) is 13.1 Å². The molecule has 0 amide bonds. The average molecular weight is 237 g/mol.